The van der Waals surface area contributed by atoms with Crippen molar-refractivity contribution in [1.29, 1.82) is 0 Å². The van der Waals surface area contributed by atoms with E-state index < -0.39 is 0 Å². The molecular formula is C23H19N3O4. The number of hydrogen-bond donors (Lipinski definition) is 0. The molecule has 0 radical (unpaired) electrons. The summed E-state index contributed by atoms with van der Waals surface area (Å²) < 4.78 is 17.9. The second kappa shape index (κ2) is 7.18. The van der Waals surface area contributed by atoms with Crippen LogP contribution in [0.15, 0.2) is 64.0 Å². The highest BCUT2D eigenvalue weighted by Gasteiger charge is 2.17. The fraction of sp³-hybridized carbons (Fsp3) is 0.174. The summed E-state index contributed by atoms with van der Waals surface area (Å²) in [4.78, 5) is 16.9. The maximum atomic E-state index is 12.4. The van der Waals surface area contributed by atoms with E-state index in [-0.39, 0.29) is 12.4 Å². The van der Waals surface area contributed by atoms with E-state index in [1.165, 1.54) is 6.07 Å². The molecule has 5 rings (SSSR count). The largest absolute Gasteiger partial charge is 0.454 e. The molecule has 3 heterocycles. The maximum absolute atomic E-state index is 12.4. The van der Waals surface area contributed by atoms with Gasteiger partial charge in [-0.3, -0.25) is 4.79 Å². The molecular weight excluding hydrogens is 382 g/mol. The molecule has 1 aliphatic rings. The Bertz CT molecular complexity index is 1310. The van der Waals surface area contributed by atoms with Gasteiger partial charge in [-0.05, 0) is 49.2 Å². The van der Waals surface area contributed by atoms with E-state index in [9.17, 15) is 4.79 Å². The molecule has 4 aromatic rings. The first kappa shape index (κ1) is 18.2. The van der Waals surface area contributed by atoms with Crippen LogP contribution in [0.25, 0.3) is 22.8 Å². The van der Waals surface area contributed by atoms with Crippen LogP contribution in [-0.2, 0) is 6.54 Å². The minimum atomic E-state index is -0.0878. The molecule has 0 bridgehead atoms. The lowest BCUT2D eigenvalue weighted by molar-refractivity contribution is 0.174. The molecule has 0 atom stereocenters. The molecule has 0 fully saturated rings. The van der Waals surface area contributed by atoms with Crippen LogP contribution in [-0.4, -0.2) is 21.5 Å². The quantitative estimate of drug-likeness (QED) is 0.515. The lowest BCUT2D eigenvalue weighted by Crippen LogP contribution is -2.19. The summed E-state index contributed by atoms with van der Waals surface area (Å²) in [6, 6.07) is 14.9. The summed E-state index contributed by atoms with van der Waals surface area (Å²) in [5.74, 6) is 2.13. The molecule has 0 spiro atoms. The highest BCUT2D eigenvalue weighted by molar-refractivity contribution is 5.63. The maximum Gasteiger partial charge on any atom is 0.259 e. The molecule has 7 heteroatoms. The Kier molecular flexibility index (Phi) is 4.35. The summed E-state index contributed by atoms with van der Waals surface area (Å²) in [6.07, 6.45) is 1.75. The van der Waals surface area contributed by atoms with Crippen LogP contribution in [0.4, 0.5) is 0 Å². The normalized spacial score (nSPS) is 12.3. The summed E-state index contributed by atoms with van der Waals surface area (Å²) in [7, 11) is 0. The summed E-state index contributed by atoms with van der Waals surface area (Å²) in [6.45, 7) is 4.76. The molecule has 1 aliphatic heterocycles. The van der Waals surface area contributed by atoms with E-state index in [1.807, 2.05) is 32.0 Å². The molecule has 0 N–H and O–H groups in total. The molecule has 2 aromatic carbocycles. The molecule has 0 saturated heterocycles. The predicted molar refractivity (Wildman–Crippen MR) is 111 cm³/mol. The van der Waals surface area contributed by atoms with E-state index in [1.54, 1.807) is 16.8 Å². The van der Waals surface area contributed by atoms with E-state index in [0.717, 1.165) is 22.3 Å². The Morgan fingerprint density at radius 3 is 2.70 bits per heavy atom. The van der Waals surface area contributed by atoms with Crippen molar-refractivity contribution in [2.75, 3.05) is 6.79 Å². The number of rotatable bonds is 4. The number of fused-ring (bicyclic) bond motifs is 1. The van der Waals surface area contributed by atoms with Crippen molar-refractivity contribution in [3.8, 4) is 34.3 Å². The van der Waals surface area contributed by atoms with Gasteiger partial charge in [0.1, 0.15) is 0 Å². The van der Waals surface area contributed by atoms with Gasteiger partial charge in [-0.2, -0.15) is 4.98 Å². The minimum Gasteiger partial charge on any atom is -0.454 e. The molecule has 2 aromatic heterocycles. The highest BCUT2D eigenvalue weighted by Crippen LogP contribution is 2.35. The smallest absolute Gasteiger partial charge is 0.259 e. The SMILES string of the molecule is Cc1ccc(C)c(Cn2cc(-c3nc(-c4ccc5c(c4)OCO5)no3)ccc2=O)c1. The van der Waals surface area contributed by atoms with E-state index >= 15 is 0 Å². The summed E-state index contributed by atoms with van der Waals surface area (Å²) >= 11 is 0. The summed E-state index contributed by atoms with van der Waals surface area (Å²) in [5.41, 5.74) is 4.75. The van der Waals surface area contributed by atoms with E-state index in [0.29, 0.717) is 35.3 Å². The van der Waals surface area contributed by atoms with Crippen LogP contribution in [0.3, 0.4) is 0 Å². The first-order valence-corrected chi connectivity index (χ1v) is 9.57. The second-order valence-corrected chi connectivity index (χ2v) is 7.31. The van der Waals surface area contributed by atoms with Crippen molar-refractivity contribution in [1.82, 2.24) is 14.7 Å². The zero-order chi connectivity index (χ0) is 20.7. The van der Waals surface area contributed by atoms with Gasteiger partial charge >= 0.3 is 0 Å². The van der Waals surface area contributed by atoms with Crippen molar-refractivity contribution in [2.24, 2.45) is 0 Å². The number of aryl methyl sites for hydroxylation is 2. The van der Waals surface area contributed by atoms with Crippen LogP contribution in [0.2, 0.25) is 0 Å². The van der Waals surface area contributed by atoms with Gasteiger partial charge in [0.15, 0.2) is 11.5 Å². The number of hydrogen-bond acceptors (Lipinski definition) is 6. The Morgan fingerprint density at radius 2 is 1.80 bits per heavy atom. The summed E-state index contributed by atoms with van der Waals surface area (Å²) in [5, 5.41) is 4.08. The number of aromatic nitrogens is 3. The zero-order valence-electron chi connectivity index (χ0n) is 16.6. The van der Waals surface area contributed by atoms with Gasteiger partial charge in [0.05, 0.1) is 12.1 Å². The zero-order valence-corrected chi connectivity index (χ0v) is 16.6. The third-order valence-electron chi connectivity index (χ3n) is 5.13. The first-order valence-electron chi connectivity index (χ1n) is 9.57. The third-order valence-corrected chi connectivity index (χ3v) is 5.13. The topological polar surface area (TPSA) is 79.4 Å². The molecule has 0 aliphatic carbocycles. The van der Waals surface area contributed by atoms with Crippen molar-refractivity contribution in [2.45, 2.75) is 20.4 Å². The molecule has 0 amide bonds. The average Bonchev–Trinajstić information content (AvgIpc) is 3.41. The molecule has 30 heavy (non-hydrogen) atoms. The van der Waals surface area contributed by atoms with Crippen LogP contribution >= 0.6 is 0 Å². The van der Waals surface area contributed by atoms with Crippen LogP contribution < -0.4 is 15.0 Å². The van der Waals surface area contributed by atoms with Gasteiger partial charge < -0.3 is 18.6 Å². The molecule has 0 saturated carbocycles. The monoisotopic (exact) mass is 401 g/mol. The van der Waals surface area contributed by atoms with Gasteiger partial charge in [-0.25, -0.2) is 0 Å². The Labute approximate surface area is 172 Å². The average molecular weight is 401 g/mol. The third kappa shape index (κ3) is 3.34. The number of nitrogens with zero attached hydrogens (tertiary/aromatic N) is 3. The Morgan fingerprint density at radius 1 is 0.967 bits per heavy atom. The van der Waals surface area contributed by atoms with Gasteiger partial charge in [0, 0.05) is 17.8 Å². The Balaban J connectivity index is 1.46. The number of ether oxygens (including phenoxy) is 2. The number of pyridine rings is 1. The van der Waals surface area contributed by atoms with Gasteiger partial charge in [0.25, 0.3) is 11.4 Å². The first-order chi connectivity index (χ1) is 14.6. The highest BCUT2D eigenvalue weighted by atomic mass is 16.7. The van der Waals surface area contributed by atoms with Crippen LogP contribution in [0.5, 0.6) is 11.5 Å². The van der Waals surface area contributed by atoms with Crippen molar-refractivity contribution < 1.29 is 14.0 Å². The fourth-order valence-electron chi connectivity index (χ4n) is 3.43. The number of benzene rings is 2. The minimum absolute atomic E-state index is 0.0878. The standard InChI is InChI=1S/C23H19N3O4/c1-14-3-4-15(2)18(9-14)12-26-11-17(6-8-21(26)27)23-24-22(25-30-23)16-5-7-19-20(10-16)29-13-28-19/h3-11H,12-13H2,1-2H3. The predicted octanol–water partition coefficient (Wildman–Crippen LogP) is 3.96. The van der Waals surface area contributed by atoms with Gasteiger partial charge in [0.2, 0.25) is 12.6 Å². The lowest BCUT2D eigenvalue weighted by Gasteiger charge is -2.10. The lowest BCUT2D eigenvalue weighted by atomic mass is 10.1. The van der Waals surface area contributed by atoms with Crippen molar-refractivity contribution in [3.63, 3.8) is 0 Å². The van der Waals surface area contributed by atoms with Gasteiger partial charge in [-0.15, -0.1) is 0 Å². The fourth-order valence-corrected chi connectivity index (χ4v) is 3.43. The molecule has 7 nitrogen and oxygen atoms in total. The van der Waals surface area contributed by atoms with E-state index in [4.69, 9.17) is 14.0 Å². The van der Waals surface area contributed by atoms with E-state index in [2.05, 4.69) is 28.3 Å². The van der Waals surface area contributed by atoms with Crippen molar-refractivity contribution in [3.05, 3.63) is 81.8 Å². The van der Waals surface area contributed by atoms with Crippen LogP contribution in [0.1, 0.15) is 16.7 Å². The van der Waals surface area contributed by atoms with Crippen LogP contribution in [0, 0.1) is 13.8 Å². The van der Waals surface area contributed by atoms with Crippen molar-refractivity contribution >= 4 is 0 Å². The second-order valence-electron chi connectivity index (χ2n) is 7.31. The molecule has 150 valence electrons. The Hall–Kier alpha value is -3.87. The molecule has 0 unspecified atom stereocenters. The van der Waals surface area contributed by atoms with Gasteiger partial charge in [-0.1, -0.05) is 28.9 Å².